The van der Waals surface area contributed by atoms with E-state index in [0.717, 1.165) is 11.3 Å². The summed E-state index contributed by atoms with van der Waals surface area (Å²) in [5.41, 5.74) is 1.76. The van der Waals surface area contributed by atoms with E-state index in [0.29, 0.717) is 25.5 Å². The first kappa shape index (κ1) is 15.4. The number of hydrogen-bond acceptors (Lipinski definition) is 6. The predicted molar refractivity (Wildman–Crippen MR) is 84.7 cm³/mol. The molecule has 23 heavy (non-hydrogen) atoms. The normalized spacial score (nSPS) is 18.0. The molecule has 3 rings (SSSR count). The molecule has 2 aromatic rings. The van der Waals surface area contributed by atoms with Gasteiger partial charge in [-0.1, -0.05) is 12.1 Å². The van der Waals surface area contributed by atoms with Crippen LogP contribution < -0.4 is 5.32 Å². The van der Waals surface area contributed by atoms with Gasteiger partial charge in [-0.2, -0.15) is 0 Å². The van der Waals surface area contributed by atoms with Crippen molar-refractivity contribution in [2.45, 2.75) is 13.0 Å². The fourth-order valence-corrected chi connectivity index (χ4v) is 2.58. The van der Waals surface area contributed by atoms with E-state index in [4.69, 9.17) is 4.74 Å². The van der Waals surface area contributed by atoms with Crippen LogP contribution in [0.3, 0.4) is 0 Å². The van der Waals surface area contributed by atoms with Gasteiger partial charge in [-0.05, 0) is 29.5 Å². The van der Waals surface area contributed by atoms with Gasteiger partial charge in [0.2, 0.25) is 5.91 Å². The molecule has 1 aromatic heterocycles. The van der Waals surface area contributed by atoms with Crippen molar-refractivity contribution in [1.82, 2.24) is 25.1 Å². The second-order valence-corrected chi connectivity index (χ2v) is 5.58. The fraction of sp³-hybridized carbons (Fsp3) is 0.467. The second kappa shape index (κ2) is 6.74. The number of rotatable bonds is 4. The Morgan fingerprint density at radius 1 is 1.48 bits per heavy atom. The summed E-state index contributed by atoms with van der Waals surface area (Å²) in [6.45, 7) is 4.13. The number of carbonyl (C=O) groups excluding carboxylic acids is 1. The second-order valence-electron chi connectivity index (χ2n) is 5.58. The number of amides is 1. The summed E-state index contributed by atoms with van der Waals surface area (Å²) in [6, 6.07) is 7.69. The standard InChI is InChI=1S/C15H20N6O2/c1-11-10-21(6-7-23-11)14(22)9-16-13-5-3-4-12(8-13)15-17-18-19-20(15)2/h3-5,8,11,16H,6-7,9-10H2,1-2H3. The lowest BCUT2D eigenvalue weighted by Gasteiger charge is -2.31. The maximum atomic E-state index is 12.3. The minimum absolute atomic E-state index is 0.0749. The van der Waals surface area contributed by atoms with E-state index in [1.165, 1.54) is 0 Å². The number of benzene rings is 1. The first-order valence-electron chi connectivity index (χ1n) is 7.59. The van der Waals surface area contributed by atoms with Crippen LogP contribution in [0.25, 0.3) is 11.4 Å². The van der Waals surface area contributed by atoms with Crippen LogP contribution in [0.2, 0.25) is 0 Å². The van der Waals surface area contributed by atoms with E-state index in [9.17, 15) is 4.79 Å². The zero-order valence-electron chi connectivity index (χ0n) is 13.3. The third-order valence-electron chi connectivity index (χ3n) is 3.78. The molecule has 1 N–H and O–H groups in total. The molecule has 0 aliphatic carbocycles. The summed E-state index contributed by atoms with van der Waals surface area (Å²) < 4.78 is 7.06. The lowest BCUT2D eigenvalue weighted by molar-refractivity contribution is -0.136. The van der Waals surface area contributed by atoms with Gasteiger partial charge in [0, 0.05) is 31.4 Å². The number of nitrogens with zero attached hydrogens (tertiary/aromatic N) is 5. The topological polar surface area (TPSA) is 85.2 Å². The Morgan fingerprint density at radius 3 is 3.09 bits per heavy atom. The van der Waals surface area contributed by atoms with Crippen LogP contribution in [-0.4, -0.2) is 63.4 Å². The number of anilines is 1. The number of tetrazole rings is 1. The van der Waals surface area contributed by atoms with Gasteiger partial charge in [-0.3, -0.25) is 4.79 Å². The molecular weight excluding hydrogens is 296 g/mol. The monoisotopic (exact) mass is 316 g/mol. The molecule has 8 heteroatoms. The van der Waals surface area contributed by atoms with Crippen molar-refractivity contribution >= 4 is 11.6 Å². The van der Waals surface area contributed by atoms with Crippen molar-refractivity contribution in [1.29, 1.82) is 0 Å². The molecule has 1 unspecified atom stereocenters. The van der Waals surface area contributed by atoms with E-state index in [2.05, 4.69) is 20.8 Å². The Balaban J connectivity index is 1.62. The number of aryl methyl sites for hydroxylation is 1. The summed E-state index contributed by atoms with van der Waals surface area (Å²) in [4.78, 5) is 14.1. The van der Waals surface area contributed by atoms with Gasteiger partial charge < -0.3 is 15.0 Å². The predicted octanol–water partition coefficient (Wildman–Crippen LogP) is 0.536. The lowest BCUT2D eigenvalue weighted by Crippen LogP contribution is -2.46. The highest BCUT2D eigenvalue weighted by molar-refractivity contribution is 5.81. The Bertz CT molecular complexity index is 686. The van der Waals surface area contributed by atoms with Crippen molar-refractivity contribution in [3.05, 3.63) is 24.3 Å². The number of morpholine rings is 1. The van der Waals surface area contributed by atoms with E-state index in [1.807, 2.05) is 36.1 Å². The van der Waals surface area contributed by atoms with Crippen molar-refractivity contribution in [2.75, 3.05) is 31.6 Å². The maximum Gasteiger partial charge on any atom is 0.242 e. The molecule has 1 saturated heterocycles. The highest BCUT2D eigenvalue weighted by Gasteiger charge is 2.20. The SMILES string of the molecule is CC1CN(C(=O)CNc2cccc(-c3nnnn3C)c2)CCO1. The third kappa shape index (κ3) is 3.65. The molecule has 1 aliphatic heterocycles. The largest absolute Gasteiger partial charge is 0.376 e. The first-order valence-corrected chi connectivity index (χ1v) is 7.59. The quantitative estimate of drug-likeness (QED) is 0.886. The van der Waals surface area contributed by atoms with Gasteiger partial charge >= 0.3 is 0 Å². The minimum Gasteiger partial charge on any atom is -0.376 e. The third-order valence-corrected chi connectivity index (χ3v) is 3.78. The highest BCUT2D eigenvalue weighted by atomic mass is 16.5. The lowest BCUT2D eigenvalue weighted by atomic mass is 10.2. The Labute approximate surface area is 134 Å². The summed E-state index contributed by atoms with van der Waals surface area (Å²) in [5, 5.41) is 14.6. The molecule has 2 heterocycles. The minimum atomic E-state index is 0.0749. The van der Waals surface area contributed by atoms with E-state index < -0.39 is 0 Å². The van der Waals surface area contributed by atoms with Gasteiger partial charge in [-0.15, -0.1) is 5.10 Å². The molecule has 1 fully saturated rings. The van der Waals surface area contributed by atoms with Crippen LogP contribution in [0.1, 0.15) is 6.92 Å². The Kier molecular flexibility index (Phi) is 4.52. The van der Waals surface area contributed by atoms with Crippen LogP contribution >= 0.6 is 0 Å². The Morgan fingerprint density at radius 2 is 2.35 bits per heavy atom. The van der Waals surface area contributed by atoms with Gasteiger partial charge in [0.25, 0.3) is 0 Å². The molecule has 0 spiro atoms. The van der Waals surface area contributed by atoms with E-state index in [-0.39, 0.29) is 18.6 Å². The number of ether oxygens (including phenoxy) is 1. The molecule has 0 radical (unpaired) electrons. The molecule has 1 aromatic carbocycles. The molecule has 0 bridgehead atoms. The number of carbonyl (C=O) groups is 1. The average molecular weight is 316 g/mol. The smallest absolute Gasteiger partial charge is 0.242 e. The first-order chi connectivity index (χ1) is 11.1. The van der Waals surface area contributed by atoms with Gasteiger partial charge in [-0.25, -0.2) is 4.68 Å². The number of aromatic nitrogens is 4. The number of hydrogen-bond donors (Lipinski definition) is 1. The van der Waals surface area contributed by atoms with Gasteiger partial charge in [0.05, 0.1) is 19.3 Å². The summed E-state index contributed by atoms with van der Waals surface area (Å²) in [6.07, 6.45) is 0.0967. The fourth-order valence-electron chi connectivity index (χ4n) is 2.58. The van der Waals surface area contributed by atoms with Crippen LogP contribution in [0.4, 0.5) is 5.69 Å². The van der Waals surface area contributed by atoms with Crippen LogP contribution in [-0.2, 0) is 16.6 Å². The molecule has 1 atom stereocenters. The van der Waals surface area contributed by atoms with Crippen molar-refractivity contribution in [2.24, 2.45) is 7.05 Å². The summed E-state index contributed by atoms with van der Waals surface area (Å²) in [5.74, 6) is 0.757. The summed E-state index contributed by atoms with van der Waals surface area (Å²) >= 11 is 0. The van der Waals surface area contributed by atoms with E-state index >= 15 is 0 Å². The zero-order valence-corrected chi connectivity index (χ0v) is 13.3. The van der Waals surface area contributed by atoms with Crippen LogP contribution in [0.15, 0.2) is 24.3 Å². The van der Waals surface area contributed by atoms with E-state index in [1.54, 1.807) is 11.7 Å². The molecular formula is C15H20N6O2. The number of nitrogens with one attached hydrogen (secondary N) is 1. The highest BCUT2D eigenvalue weighted by Crippen LogP contribution is 2.19. The average Bonchev–Trinajstić information content (AvgIpc) is 2.99. The molecule has 8 nitrogen and oxygen atoms in total. The van der Waals surface area contributed by atoms with Crippen molar-refractivity contribution in [3.63, 3.8) is 0 Å². The van der Waals surface area contributed by atoms with Crippen LogP contribution in [0.5, 0.6) is 0 Å². The zero-order chi connectivity index (χ0) is 16.2. The molecule has 1 amide bonds. The van der Waals surface area contributed by atoms with Crippen molar-refractivity contribution < 1.29 is 9.53 Å². The van der Waals surface area contributed by atoms with Crippen LogP contribution in [0, 0.1) is 0 Å². The maximum absolute atomic E-state index is 12.3. The molecule has 1 aliphatic rings. The molecule has 0 saturated carbocycles. The van der Waals surface area contributed by atoms with Crippen molar-refractivity contribution in [3.8, 4) is 11.4 Å². The van der Waals surface area contributed by atoms with Gasteiger partial charge in [0.1, 0.15) is 0 Å². The van der Waals surface area contributed by atoms with Gasteiger partial charge in [0.15, 0.2) is 5.82 Å². The summed E-state index contributed by atoms with van der Waals surface area (Å²) in [7, 11) is 1.79. The Hall–Kier alpha value is -2.48. The molecule has 122 valence electrons.